The van der Waals surface area contributed by atoms with Crippen LogP contribution in [0, 0.1) is 6.92 Å². The number of amides is 1. The topological polar surface area (TPSA) is 73.3 Å². The zero-order valence-electron chi connectivity index (χ0n) is 16.3. The Bertz CT molecular complexity index is 960. The fourth-order valence-electron chi connectivity index (χ4n) is 2.66. The molecule has 1 aromatic heterocycles. The molecular weight excluding hydrogens is 410 g/mol. The van der Waals surface area contributed by atoms with Crippen LogP contribution in [-0.4, -0.2) is 29.8 Å². The first-order valence-corrected chi connectivity index (χ1v) is 10.4. The molecule has 0 bridgehead atoms. The van der Waals surface area contributed by atoms with E-state index in [1.807, 2.05) is 43.3 Å². The Morgan fingerprint density at radius 3 is 2.69 bits per heavy atom. The Hall–Kier alpha value is -2.64. The van der Waals surface area contributed by atoms with E-state index in [2.05, 4.69) is 15.5 Å². The van der Waals surface area contributed by atoms with E-state index in [4.69, 9.17) is 21.1 Å². The molecule has 3 rings (SSSR count). The van der Waals surface area contributed by atoms with Gasteiger partial charge in [0.05, 0.1) is 13.7 Å². The van der Waals surface area contributed by atoms with Crippen LogP contribution in [0.15, 0.2) is 42.5 Å². The Balaban J connectivity index is 1.41. The molecule has 0 radical (unpaired) electrons. The van der Waals surface area contributed by atoms with E-state index < -0.39 is 0 Å². The molecule has 0 saturated heterocycles. The van der Waals surface area contributed by atoms with Gasteiger partial charge >= 0.3 is 0 Å². The second-order valence-electron chi connectivity index (χ2n) is 6.44. The van der Waals surface area contributed by atoms with Crippen LogP contribution >= 0.6 is 22.9 Å². The van der Waals surface area contributed by atoms with Crippen LogP contribution in [0.2, 0.25) is 5.02 Å². The monoisotopic (exact) mass is 431 g/mol. The fourth-order valence-corrected chi connectivity index (χ4v) is 3.68. The molecule has 0 unspecified atom stereocenters. The number of aromatic nitrogens is 2. The SMILES string of the molecule is COc1ccc(Cc2nnc(NC(=O)CCCOc3ccc(Cl)cc3C)s2)cc1. The lowest BCUT2D eigenvalue weighted by atomic mass is 10.1. The molecule has 1 heterocycles. The first-order valence-electron chi connectivity index (χ1n) is 9.17. The molecule has 0 fully saturated rings. The van der Waals surface area contributed by atoms with Crippen molar-refractivity contribution in [3.05, 3.63) is 63.6 Å². The van der Waals surface area contributed by atoms with Crippen molar-refractivity contribution in [2.75, 3.05) is 19.0 Å². The molecule has 0 aliphatic heterocycles. The van der Waals surface area contributed by atoms with Crippen molar-refractivity contribution in [1.29, 1.82) is 0 Å². The van der Waals surface area contributed by atoms with Crippen LogP contribution in [0.3, 0.4) is 0 Å². The van der Waals surface area contributed by atoms with Crippen LogP contribution in [0.25, 0.3) is 0 Å². The highest BCUT2D eigenvalue weighted by Crippen LogP contribution is 2.22. The molecule has 0 aliphatic rings. The summed E-state index contributed by atoms with van der Waals surface area (Å²) in [4.78, 5) is 12.1. The number of nitrogens with one attached hydrogen (secondary N) is 1. The number of nitrogens with zero attached hydrogens (tertiary/aromatic N) is 2. The standard InChI is InChI=1S/C21H22ClN3O3S/c1-14-12-16(22)7-10-18(14)28-11-3-4-19(26)23-21-25-24-20(29-21)13-15-5-8-17(27-2)9-6-15/h5-10,12H,3-4,11,13H2,1-2H3,(H,23,25,26). The Kier molecular flexibility index (Phi) is 7.43. The third-order valence-electron chi connectivity index (χ3n) is 4.17. The predicted octanol–water partition coefficient (Wildman–Crippen LogP) is 4.90. The number of hydrogen-bond donors (Lipinski definition) is 1. The zero-order valence-corrected chi connectivity index (χ0v) is 17.8. The first-order chi connectivity index (χ1) is 14.0. The summed E-state index contributed by atoms with van der Waals surface area (Å²) in [5.41, 5.74) is 2.08. The van der Waals surface area contributed by atoms with Gasteiger partial charge in [0.1, 0.15) is 16.5 Å². The lowest BCUT2D eigenvalue weighted by Gasteiger charge is -2.09. The van der Waals surface area contributed by atoms with E-state index in [0.29, 0.717) is 36.0 Å². The summed E-state index contributed by atoms with van der Waals surface area (Å²) < 4.78 is 10.9. The Morgan fingerprint density at radius 1 is 1.17 bits per heavy atom. The number of rotatable bonds is 9. The van der Waals surface area contributed by atoms with Crippen molar-refractivity contribution in [1.82, 2.24) is 10.2 Å². The van der Waals surface area contributed by atoms with Crippen molar-refractivity contribution in [3.8, 4) is 11.5 Å². The van der Waals surface area contributed by atoms with Gasteiger partial charge in [-0.1, -0.05) is 35.1 Å². The maximum absolute atomic E-state index is 12.1. The van der Waals surface area contributed by atoms with E-state index in [1.165, 1.54) is 11.3 Å². The smallest absolute Gasteiger partial charge is 0.226 e. The van der Waals surface area contributed by atoms with Crippen LogP contribution in [0.5, 0.6) is 11.5 Å². The van der Waals surface area contributed by atoms with E-state index >= 15 is 0 Å². The van der Waals surface area contributed by atoms with Gasteiger partial charge < -0.3 is 14.8 Å². The van der Waals surface area contributed by atoms with E-state index in [1.54, 1.807) is 13.2 Å². The molecule has 8 heteroatoms. The average Bonchev–Trinajstić information content (AvgIpc) is 3.14. The van der Waals surface area contributed by atoms with E-state index in [9.17, 15) is 4.79 Å². The third kappa shape index (κ3) is 6.44. The number of carbonyl (C=O) groups is 1. The molecule has 0 atom stereocenters. The second-order valence-corrected chi connectivity index (χ2v) is 7.93. The molecule has 6 nitrogen and oxygen atoms in total. The van der Waals surface area contributed by atoms with Crippen LogP contribution in [0.4, 0.5) is 5.13 Å². The summed E-state index contributed by atoms with van der Waals surface area (Å²) in [6.07, 6.45) is 1.61. The van der Waals surface area contributed by atoms with Crippen molar-refractivity contribution in [2.24, 2.45) is 0 Å². The number of hydrogen-bond acceptors (Lipinski definition) is 6. The first kappa shape index (κ1) is 21.1. The van der Waals surface area contributed by atoms with E-state index in [0.717, 1.165) is 27.6 Å². The van der Waals surface area contributed by atoms with Gasteiger partial charge in [0.25, 0.3) is 0 Å². The average molecular weight is 432 g/mol. The molecule has 0 spiro atoms. The molecule has 0 saturated carbocycles. The summed E-state index contributed by atoms with van der Waals surface area (Å²) in [5, 5.41) is 13.0. The normalized spacial score (nSPS) is 10.6. The summed E-state index contributed by atoms with van der Waals surface area (Å²) in [5.74, 6) is 1.49. The molecule has 152 valence electrons. The lowest BCUT2D eigenvalue weighted by molar-refractivity contribution is -0.116. The number of aryl methyl sites for hydroxylation is 1. The maximum atomic E-state index is 12.1. The molecular formula is C21H22ClN3O3S. The van der Waals surface area contributed by atoms with Gasteiger partial charge in [0.2, 0.25) is 11.0 Å². The van der Waals surface area contributed by atoms with E-state index in [-0.39, 0.29) is 5.91 Å². The molecule has 1 amide bonds. The summed E-state index contributed by atoms with van der Waals surface area (Å²) in [7, 11) is 1.64. The minimum atomic E-state index is -0.103. The van der Waals surface area contributed by atoms with Gasteiger partial charge in [0, 0.05) is 17.9 Å². The largest absolute Gasteiger partial charge is 0.497 e. The van der Waals surface area contributed by atoms with Crippen molar-refractivity contribution in [3.63, 3.8) is 0 Å². The summed E-state index contributed by atoms with van der Waals surface area (Å²) in [6, 6.07) is 13.3. The number of ether oxygens (including phenoxy) is 2. The molecule has 3 aromatic rings. The Morgan fingerprint density at radius 2 is 1.97 bits per heavy atom. The quantitative estimate of drug-likeness (QED) is 0.488. The van der Waals surface area contributed by atoms with Gasteiger partial charge in [-0.25, -0.2) is 0 Å². The number of benzene rings is 2. The highest BCUT2D eigenvalue weighted by Gasteiger charge is 2.09. The molecule has 29 heavy (non-hydrogen) atoms. The maximum Gasteiger partial charge on any atom is 0.226 e. The van der Waals surface area contributed by atoms with Crippen LogP contribution in [0.1, 0.15) is 29.0 Å². The third-order valence-corrected chi connectivity index (χ3v) is 5.24. The van der Waals surface area contributed by atoms with Crippen LogP contribution < -0.4 is 14.8 Å². The van der Waals surface area contributed by atoms with Gasteiger partial charge in [-0.2, -0.15) is 0 Å². The van der Waals surface area contributed by atoms with Gasteiger partial charge in [-0.3, -0.25) is 4.79 Å². The fraction of sp³-hybridized carbons (Fsp3) is 0.286. The van der Waals surface area contributed by atoms with Crippen molar-refractivity contribution >= 4 is 34.0 Å². The number of methoxy groups -OCH3 is 1. The molecule has 2 aromatic carbocycles. The van der Waals surface area contributed by atoms with Gasteiger partial charge in [-0.15, -0.1) is 10.2 Å². The highest BCUT2D eigenvalue weighted by atomic mass is 35.5. The Labute approximate surface area is 178 Å². The lowest BCUT2D eigenvalue weighted by Crippen LogP contribution is -2.12. The van der Waals surface area contributed by atoms with Gasteiger partial charge in [-0.05, 0) is 54.8 Å². The minimum Gasteiger partial charge on any atom is -0.497 e. The zero-order chi connectivity index (χ0) is 20.6. The minimum absolute atomic E-state index is 0.103. The van der Waals surface area contributed by atoms with Crippen LogP contribution in [-0.2, 0) is 11.2 Å². The van der Waals surface area contributed by atoms with Crippen molar-refractivity contribution in [2.45, 2.75) is 26.2 Å². The van der Waals surface area contributed by atoms with Crippen molar-refractivity contribution < 1.29 is 14.3 Å². The number of halogens is 1. The summed E-state index contributed by atoms with van der Waals surface area (Å²) >= 11 is 7.31. The predicted molar refractivity (Wildman–Crippen MR) is 115 cm³/mol. The summed E-state index contributed by atoms with van der Waals surface area (Å²) in [6.45, 7) is 2.39. The molecule has 0 aliphatic carbocycles. The second kappa shape index (κ2) is 10.2. The number of carbonyl (C=O) groups excluding carboxylic acids is 1. The van der Waals surface area contributed by atoms with Gasteiger partial charge in [0.15, 0.2) is 0 Å². The number of anilines is 1. The molecule has 1 N–H and O–H groups in total. The highest BCUT2D eigenvalue weighted by molar-refractivity contribution is 7.15.